The number of amides is 1. The van der Waals surface area contributed by atoms with Crippen molar-refractivity contribution in [2.24, 2.45) is 5.92 Å². The summed E-state index contributed by atoms with van der Waals surface area (Å²) in [6, 6.07) is 9.19. The zero-order valence-electron chi connectivity index (χ0n) is 20.5. The number of hydrogen-bond donors (Lipinski definition) is 1. The first-order valence-corrected chi connectivity index (χ1v) is 11.8. The lowest BCUT2D eigenvalue weighted by Gasteiger charge is -2.31. The highest BCUT2D eigenvalue weighted by atomic mass is 16.5. The van der Waals surface area contributed by atoms with Gasteiger partial charge in [-0.3, -0.25) is 9.69 Å². The maximum Gasteiger partial charge on any atom is 0.273 e. The second-order valence-electron chi connectivity index (χ2n) is 10.3. The topological polar surface area (TPSA) is 67.6 Å². The maximum absolute atomic E-state index is 12.4. The second-order valence-corrected chi connectivity index (χ2v) is 10.3. The van der Waals surface area contributed by atoms with Gasteiger partial charge in [-0.05, 0) is 42.2 Å². The van der Waals surface area contributed by atoms with Gasteiger partial charge in [0.15, 0.2) is 5.69 Å². The molecule has 1 aliphatic rings. The number of hydrogen-bond acceptors (Lipinski definition) is 5. The van der Waals surface area contributed by atoms with E-state index >= 15 is 0 Å². The fourth-order valence-electron chi connectivity index (χ4n) is 3.87. The lowest BCUT2D eigenvalue weighted by molar-refractivity contribution is 0.0853. The molecule has 0 saturated carbocycles. The predicted molar refractivity (Wildman–Crippen MR) is 126 cm³/mol. The van der Waals surface area contributed by atoms with Crippen molar-refractivity contribution in [2.45, 2.75) is 85.0 Å². The average Bonchev–Trinajstić information content (AvgIpc) is 3.43. The monoisotopic (exact) mass is 441 g/mol. The van der Waals surface area contributed by atoms with Gasteiger partial charge in [0.25, 0.3) is 5.91 Å². The lowest BCUT2D eigenvalue weighted by Crippen LogP contribution is -2.36. The van der Waals surface area contributed by atoms with E-state index in [-0.39, 0.29) is 17.4 Å². The summed E-state index contributed by atoms with van der Waals surface area (Å²) in [5, 5.41) is 2.91. The van der Waals surface area contributed by atoms with E-state index in [4.69, 9.17) is 9.15 Å². The molecule has 1 saturated heterocycles. The molecule has 0 bridgehead atoms. The normalized spacial score (nSPS) is 17.8. The molecule has 1 N–H and O–H groups in total. The van der Waals surface area contributed by atoms with Crippen LogP contribution in [0, 0.1) is 5.92 Å². The molecule has 2 aromatic rings. The van der Waals surface area contributed by atoms with Crippen LogP contribution in [-0.2, 0) is 23.2 Å². The van der Waals surface area contributed by atoms with Crippen molar-refractivity contribution in [2.75, 3.05) is 13.2 Å². The Balaban J connectivity index is 1.64. The van der Waals surface area contributed by atoms with Gasteiger partial charge in [-0.1, -0.05) is 58.9 Å². The minimum Gasteiger partial charge on any atom is -0.447 e. The number of carbonyl (C=O) groups excluding carboxylic acids is 1. The molecule has 2 unspecified atom stereocenters. The molecule has 176 valence electrons. The van der Waals surface area contributed by atoms with Crippen LogP contribution in [0.15, 0.2) is 34.9 Å². The number of nitrogens with zero attached hydrogens (tertiary/aromatic N) is 2. The highest BCUT2D eigenvalue weighted by molar-refractivity contribution is 5.91. The summed E-state index contributed by atoms with van der Waals surface area (Å²) in [7, 11) is 0. The first-order valence-electron chi connectivity index (χ1n) is 11.8. The Hall–Kier alpha value is -2.18. The average molecular weight is 442 g/mol. The molecule has 0 radical (unpaired) electrons. The molecule has 1 fully saturated rings. The molecular formula is C26H39N3O3. The second kappa shape index (κ2) is 10.6. The zero-order valence-corrected chi connectivity index (χ0v) is 20.5. The SMILES string of the molecule is CC(C)C(C)N(Cc1ccc(C(C)(C)C)cc1)Cc1nc(C(=O)NCC2CCCO2)co1. The Morgan fingerprint density at radius 3 is 2.50 bits per heavy atom. The van der Waals surface area contributed by atoms with Crippen LogP contribution in [0.3, 0.4) is 0 Å². The molecule has 0 spiro atoms. The first-order chi connectivity index (χ1) is 15.1. The lowest BCUT2D eigenvalue weighted by atomic mass is 9.86. The fourth-order valence-corrected chi connectivity index (χ4v) is 3.87. The van der Waals surface area contributed by atoms with Crippen LogP contribution in [0.25, 0.3) is 0 Å². The van der Waals surface area contributed by atoms with Crippen molar-refractivity contribution in [1.82, 2.24) is 15.2 Å². The van der Waals surface area contributed by atoms with E-state index in [2.05, 4.69) is 81.0 Å². The van der Waals surface area contributed by atoms with Crippen LogP contribution in [-0.4, -0.2) is 41.1 Å². The van der Waals surface area contributed by atoms with Crippen molar-refractivity contribution in [1.29, 1.82) is 0 Å². The number of oxazole rings is 1. The molecule has 1 aromatic heterocycles. The number of aromatic nitrogens is 1. The zero-order chi connectivity index (χ0) is 23.3. The smallest absolute Gasteiger partial charge is 0.273 e. The molecule has 2 heterocycles. The van der Waals surface area contributed by atoms with Crippen molar-refractivity contribution < 1.29 is 13.9 Å². The molecule has 6 heteroatoms. The summed E-state index contributed by atoms with van der Waals surface area (Å²) < 4.78 is 11.2. The highest BCUT2D eigenvalue weighted by Crippen LogP contribution is 2.24. The summed E-state index contributed by atoms with van der Waals surface area (Å²) in [4.78, 5) is 19.3. The van der Waals surface area contributed by atoms with Crippen molar-refractivity contribution >= 4 is 5.91 Å². The third kappa shape index (κ3) is 6.66. The molecule has 6 nitrogen and oxygen atoms in total. The minimum atomic E-state index is -0.211. The Labute approximate surface area is 192 Å². The Morgan fingerprint density at radius 2 is 1.91 bits per heavy atom. The molecular weight excluding hydrogens is 402 g/mol. The Bertz CT molecular complexity index is 861. The first kappa shape index (κ1) is 24.5. The van der Waals surface area contributed by atoms with Gasteiger partial charge >= 0.3 is 0 Å². The fraction of sp³-hybridized carbons (Fsp3) is 0.615. The third-order valence-electron chi connectivity index (χ3n) is 6.38. The van der Waals surface area contributed by atoms with E-state index in [0.717, 1.165) is 26.0 Å². The van der Waals surface area contributed by atoms with Gasteiger partial charge in [0.1, 0.15) is 6.26 Å². The van der Waals surface area contributed by atoms with Crippen LogP contribution in [0.5, 0.6) is 0 Å². The molecule has 2 atom stereocenters. The van der Waals surface area contributed by atoms with E-state index in [1.165, 1.54) is 17.4 Å². The molecule has 3 rings (SSSR count). The van der Waals surface area contributed by atoms with Gasteiger partial charge in [0.2, 0.25) is 5.89 Å². The predicted octanol–water partition coefficient (Wildman–Crippen LogP) is 4.93. The molecule has 1 aromatic carbocycles. The number of nitrogens with one attached hydrogen (secondary N) is 1. The van der Waals surface area contributed by atoms with Crippen LogP contribution in [0.1, 0.15) is 81.9 Å². The largest absolute Gasteiger partial charge is 0.447 e. The number of ether oxygens (including phenoxy) is 1. The minimum absolute atomic E-state index is 0.109. The van der Waals surface area contributed by atoms with E-state index in [1.807, 2.05) is 0 Å². The van der Waals surface area contributed by atoms with E-state index in [9.17, 15) is 4.79 Å². The standard InChI is InChI=1S/C26H39N3O3/c1-18(2)19(3)29(15-20-9-11-21(12-10-20)26(4,5)6)16-24-28-23(17-32-24)25(30)27-14-22-8-7-13-31-22/h9-12,17-19,22H,7-8,13-16H2,1-6H3,(H,27,30). The Morgan fingerprint density at radius 1 is 1.19 bits per heavy atom. The van der Waals surface area contributed by atoms with Crippen molar-refractivity contribution in [3.63, 3.8) is 0 Å². The summed E-state index contributed by atoms with van der Waals surface area (Å²) >= 11 is 0. The molecule has 32 heavy (non-hydrogen) atoms. The summed E-state index contributed by atoms with van der Waals surface area (Å²) in [6.07, 6.45) is 3.61. The van der Waals surface area contributed by atoms with E-state index in [0.29, 0.717) is 36.6 Å². The van der Waals surface area contributed by atoms with E-state index < -0.39 is 0 Å². The van der Waals surface area contributed by atoms with Gasteiger partial charge in [-0.2, -0.15) is 0 Å². The van der Waals surface area contributed by atoms with Crippen molar-refractivity contribution in [3.8, 4) is 0 Å². The van der Waals surface area contributed by atoms with Gasteiger partial charge in [-0.15, -0.1) is 0 Å². The quantitative estimate of drug-likeness (QED) is 0.598. The molecule has 1 aliphatic heterocycles. The van der Waals surface area contributed by atoms with Gasteiger partial charge in [-0.25, -0.2) is 4.98 Å². The summed E-state index contributed by atoms with van der Waals surface area (Å²) in [5.74, 6) is 0.829. The summed E-state index contributed by atoms with van der Waals surface area (Å²) in [6.45, 7) is 16.0. The van der Waals surface area contributed by atoms with Crippen LogP contribution < -0.4 is 5.32 Å². The number of rotatable bonds is 9. The highest BCUT2D eigenvalue weighted by Gasteiger charge is 2.22. The number of benzene rings is 1. The Kier molecular flexibility index (Phi) is 8.12. The van der Waals surface area contributed by atoms with Gasteiger partial charge < -0.3 is 14.5 Å². The van der Waals surface area contributed by atoms with Gasteiger partial charge in [0.05, 0.1) is 12.6 Å². The van der Waals surface area contributed by atoms with Crippen molar-refractivity contribution in [3.05, 3.63) is 53.2 Å². The summed E-state index contributed by atoms with van der Waals surface area (Å²) in [5.41, 5.74) is 3.05. The van der Waals surface area contributed by atoms with E-state index in [1.54, 1.807) is 0 Å². The van der Waals surface area contributed by atoms with Crippen LogP contribution in [0.2, 0.25) is 0 Å². The van der Waals surface area contributed by atoms with Crippen LogP contribution >= 0.6 is 0 Å². The van der Waals surface area contributed by atoms with Crippen LogP contribution in [0.4, 0.5) is 0 Å². The van der Waals surface area contributed by atoms with Gasteiger partial charge in [0, 0.05) is 25.7 Å². The maximum atomic E-state index is 12.4. The number of carbonyl (C=O) groups is 1. The third-order valence-corrected chi connectivity index (χ3v) is 6.38. The molecule has 1 amide bonds. The molecule has 0 aliphatic carbocycles.